The molecule has 9 heteroatoms. The van der Waals surface area contributed by atoms with E-state index in [4.69, 9.17) is 16.1 Å². The fourth-order valence-electron chi connectivity index (χ4n) is 2.25. The van der Waals surface area contributed by atoms with Crippen molar-refractivity contribution in [3.63, 3.8) is 0 Å². The van der Waals surface area contributed by atoms with Crippen LogP contribution in [-0.2, 0) is 14.8 Å². The number of carbonyl (C=O) groups is 1. The Morgan fingerprint density at radius 2 is 1.93 bits per heavy atom. The summed E-state index contributed by atoms with van der Waals surface area (Å²) >= 11 is 5.89. The third-order valence-electron chi connectivity index (χ3n) is 3.52. The Morgan fingerprint density at radius 3 is 2.57 bits per heavy atom. The monoisotopic (exact) mass is 416 g/mol. The van der Waals surface area contributed by atoms with E-state index < -0.39 is 10.0 Å². The third kappa shape index (κ3) is 5.21. The predicted octanol–water partition coefficient (Wildman–Crippen LogP) is 4.68. The molecule has 0 aliphatic carbocycles. The van der Waals surface area contributed by atoms with Crippen molar-refractivity contribution in [3.05, 3.63) is 81.7 Å². The van der Waals surface area contributed by atoms with Gasteiger partial charge in [-0.05, 0) is 66.8 Å². The van der Waals surface area contributed by atoms with E-state index in [0.29, 0.717) is 16.5 Å². The van der Waals surface area contributed by atoms with E-state index in [1.165, 1.54) is 36.4 Å². The average molecular weight is 417 g/mol. The van der Waals surface area contributed by atoms with Crippen molar-refractivity contribution in [1.82, 2.24) is 5.16 Å². The molecule has 7 nitrogen and oxygen atoms in total. The van der Waals surface area contributed by atoms with Crippen molar-refractivity contribution in [1.29, 1.82) is 0 Å². The second-order valence-corrected chi connectivity index (χ2v) is 7.80. The van der Waals surface area contributed by atoms with Gasteiger partial charge in [0.05, 0.1) is 4.90 Å². The first-order chi connectivity index (χ1) is 13.3. The van der Waals surface area contributed by atoms with Crippen LogP contribution in [0, 0.1) is 6.92 Å². The number of sulfonamides is 1. The Morgan fingerprint density at radius 1 is 1.18 bits per heavy atom. The summed E-state index contributed by atoms with van der Waals surface area (Å²) in [6, 6.07) is 14.1. The van der Waals surface area contributed by atoms with E-state index in [-0.39, 0.29) is 16.6 Å². The van der Waals surface area contributed by atoms with E-state index in [9.17, 15) is 13.2 Å². The molecule has 1 N–H and O–H groups in total. The highest BCUT2D eigenvalue weighted by molar-refractivity contribution is 7.94. The number of amides is 1. The molecule has 28 heavy (non-hydrogen) atoms. The fraction of sp³-hybridized carbons (Fsp3) is 0.0526. The van der Waals surface area contributed by atoms with Crippen LogP contribution in [0.5, 0.6) is 0 Å². The fourth-order valence-corrected chi connectivity index (χ4v) is 3.36. The first-order valence-corrected chi connectivity index (χ1v) is 9.90. The molecule has 3 aromatic rings. The Kier molecular flexibility index (Phi) is 5.81. The largest absolute Gasteiger partial charge is 0.460 e. The zero-order chi connectivity index (χ0) is 20.1. The molecule has 0 radical (unpaired) electrons. The summed E-state index contributed by atoms with van der Waals surface area (Å²) in [5.41, 5.74) is 1.23. The van der Waals surface area contributed by atoms with Gasteiger partial charge in [0.1, 0.15) is 5.76 Å². The molecule has 0 fully saturated rings. The molecule has 1 amide bonds. The van der Waals surface area contributed by atoms with Gasteiger partial charge in [-0.1, -0.05) is 23.7 Å². The summed E-state index contributed by atoms with van der Waals surface area (Å²) < 4.78 is 32.9. The predicted molar refractivity (Wildman–Crippen MR) is 107 cm³/mol. The van der Waals surface area contributed by atoms with Gasteiger partial charge in [0.2, 0.25) is 15.9 Å². The summed E-state index contributed by atoms with van der Waals surface area (Å²) in [5.74, 6) is 0.0669. The molecule has 1 heterocycles. The maximum Gasteiger partial charge on any atom is 0.248 e. The summed E-state index contributed by atoms with van der Waals surface area (Å²) in [6.07, 6.45) is 2.98. The number of nitrogens with one attached hydrogen (secondary N) is 1. The zero-order valence-corrected chi connectivity index (χ0v) is 16.2. The zero-order valence-electron chi connectivity index (χ0n) is 14.7. The molecular weight excluding hydrogens is 402 g/mol. The number of aryl methyl sites for hydroxylation is 1. The number of hydrogen-bond acceptors (Lipinski definition) is 5. The van der Waals surface area contributed by atoms with Crippen LogP contribution in [0.2, 0.25) is 5.02 Å². The first kappa shape index (κ1) is 19.7. The van der Waals surface area contributed by atoms with E-state index in [1.807, 2.05) is 6.07 Å². The van der Waals surface area contributed by atoms with Crippen molar-refractivity contribution in [3.8, 4) is 0 Å². The van der Waals surface area contributed by atoms with Crippen LogP contribution in [-0.4, -0.2) is 19.5 Å². The number of rotatable bonds is 6. The van der Waals surface area contributed by atoms with Gasteiger partial charge in [0.25, 0.3) is 0 Å². The quantitative estimate of drug-likeness (QED) is 0.587. The van der Waals surface area contributed by atoms with Crippen molar-refractivity contribution in [2.24, 2.45) is 0 Å². The van der Waals surface area contributed by atoms with E-state index in [2.05, 4.69) is 15.2 Å². The summed E-state index contributed by atoms with van der Waals surface area (Å²) in [7, 11) is -3.93. The lowest BCUT2D eigenvalue weighted by molar-refractivity contribution is -0.111. The number of aromatic nitrogens is 1. The summed E-state index contributed by atoms with van der Waals surface area (Å²) in [6.45, 7) is 1.64. The Bertz CT molecular complexity index is 1120. The van der Waals surface area contributed by atoms with Crippen LogP contribution in [0.3, 0.4) is 0 Å². The molecule has 0 atom stereocenters. The average Bonchev–Trinajstić information content (AvgIpc) is 3.04. The third-order valence-corrected chi connectivity index (χ3v) is 5.06. The van der Waals surface area contributed by atoms with Gasteiger partial charge >= 0.3 is 0 Å². The van der Waals surface area contributed by atoms with Crippen molar-refractivity contribution < 1.29 is 17.7 Å². The number of anilines is 1. The topological polar surface area (TPSA) is 103 Å². The van der Waals surface area contributed by atoms with Crippen LogP contribution in [0.4, 0.5) is 11.5 Å². The molecule has 1 aromatic heterocycles. The van der Waals surface area contributed by atoms with Crippen LogP contribution in [0.25, 0.3) is 10.8 Å². The van der Waals surface area contributed by atoms with E-state index in [1.54, 1.807) is 31.2 Å². The van der Waals surface area contributed by atoms with Gasteiger partial charge in [-0.25, -0.2) is 8.42 Å². The molecule has 0 saturated heterocycles. The number of hydrogen-bond donors (Lipinski definition) is 1. The number of benzene rings is 2. The molecule has 0 bridgehead atoms. The van der Waals surface area contributed by atoms with Gasteiger partial charge in [-0.3, -0.25) is 9.95 Å². The highest BCUT2D eigenvalue weighted by Crippen LogP contribution is 2.27. The standard InChI is InChI=1S/C19H16ClN3O4S/c1-13-11-18(22-27-13)23-28(25,26)17-8-6-16(7-9-17)21-19(24)10-5-14-3-2-4-15(20)12-14/h2-12H,1H3,(H2,21,22,23,24)/p-1. The molecule has 0 aliphatic rings. The maximum atomic E-state index is 12.3. The SMILES string of the molecule is Cc1cc([N-]S(=O)(=O)c2ccc(NC(=O)C=Cc3cccc(Cl)c3)cc2)no1. The molecule has 0 spiro atoms. The number of halogens is 1. The Labute approximate surface area is 167 Å². The van der Waals surface area contributed by atoms with Gasteiger partial charge < -0.3 is 14.6 Å². The molecule has 0 aliphatic heterocycles. The van der Waals surface area contributed by atoms with Gasteiger partial charge in [0, 0.05) is 16.8 Å². The second kappa shape index (κ2) is 8.28. The van der Waals surface area contributed by atoms with Crippen LogP contribution in [0.1, 0.15) is 11.3 Å². The van der Waals surface area contributed by atoms with Gasteiger partial charge in [-0.15, -0.1) is 0 Å². The Balaban J connectivity index is 1.64. The van der Waals surface area contributed by atoms with Crippen molar-refractivity contribution >= 4 is 45.1 Å². The number of nitrogens with zero attached hydrogens (tertiary/aromatic N) is 2. The number of carbonyl (C=O) groups excluding carboxylic acids is 1. The van der Waals surface area contributed by atoms with Gasteiger partial charge in [-0.2, -0.15) is 0 Å². The first-order valence-electron chi connectivity index (χ1n) is 8.08. The van der Waals surface area contributed by atoms with Crippen LogP contribution >= 0.6 is 11.6 Å². The lowest BCUT2D eigenvalue weighted by Crippen LogP contribution is -2.08. The van der Waals surface area contributed by atoms with Crippen LogP contribution in [0.15, 0.2) is 70.1 Å². The summed E-state index contributed by atoms with van der Waals surface area (Å²) in [5, 5.41) is 6.76. The minimum atomic E-state index is -3.93. The normalized spacial score (nSPS) is 11.5. The van der Waals surface area contributed by atoms with Crippen molar-refractivity contribution in [2.75, 3.05) is 5.32 Å². The molecule has 2 aromatic carbocycles. The minimum absolute atomic E-state index is 0.0268. The lowest BCUT2D eigenvalue weighted by Gasteiger charge is -2.12. The molecule has 3 rings (SSSR count). The Hall–Kier alpha value is -3.10. The highest BCUT2D eigenvalue weighted by atomic mass is 35.5. The smallest absolute Gasteiger partial charge is 0.248 e. The highest BCUT2D eigenvalue weighted by Gasteiger charge is 2.10. The summed E-state index contributed by atoms with van der Waals surface area (Å²) in [4.78, 5) is 12.0. The molecular formula is C19H15ClN3O4S-. The van der Waals surface area contributed by atoms with Crippen molar-refractivity contribution in [2.45, 2.75) is 11.8 Å². The van der Waals surface area contributed by atoms with Crippen LogP contribution < -0.4 is 5.32 Å². The maximum absolute atomic E-state index is 12.3. The molecule has 144 valence electrons. The lowest BCUT2D eigenvalue weighted by atomic mass is 10.2. The van der Waals surface area contributed by atoms with Gasteiger partial charge in [0.15, 0.2) is 0 Å². The molecule has 0 saturated carbocycles. The minimum Gasteiger partial charge on any atom is -0.460 e. The second-order valence-electron chi connectivity index (χ2n) is 5.76. The van der Waals surface area contributed by atoms with E-state index >= 15 is 0 Å². The van der Waals surface area contributed by atoms with E-state index in [0.717, 1.165) is 5.56 Å². The molecule has 0 unspecified atom stereocenters.